The van der Waals surface area contributed by atoms with Crippen LogP contribution in [0.15, 0.2) is 4.42 Å². The van der Waals surface area contributed by atoms with Crippen molar-refractivity contribution in [1.29, 1.82) is 0 Å². The monoisotopic (exact) mass is 238 g/mol. The molecule has 0 aliphatic heterocycles. The fourth-order valence-corrected chi connectivity index (χ4v) is 2.62. The molecule has 1 heterocycles. The van der Waals surface area contributed by atoms with E-state index in [0.29, 0.717) is 30.4 Å². The van der Waals surface area contributed by atoms with Gasteiger partial charge in [0.05, 0.1) is 6.54 Å². The first-order chi connectivity index (χ1) is 8.22. The fourth-order valence-electron chi connectivity index (χ4n) is 2.62. The van der Waals surface area contributed by atoms with E-state index >= 15 is 0 Å². The molecule has 0 radical (unpaired) electrons. The highest BCUT2D eigenvalue weighted by Crippen LogP contribution is 2.29. The number of nitrogens with zero attached hydrogens (tertiary/aromatic N) is 3. The molecule has 1 fully saturated rings. The summed E-state index contributed by atoms with van der Waals surface area (Å²) >= 11 is 0. The third kappa shape index (κ3) is 2.77. The smallest absolute Gasteiger partial charge is 0.318 e. The van der Waals surface area contributed by atoms with Gasteiger partial charge in [0.25, 0.3) is 0 Å². The van der Waals surface area contributed by atoms with Gasteiger partial charge in [0.2, 0.25) is 5.89 Å². The molecule has 1 aliphatic rings. The average Bonchev–Trinajstić information content (AvgIpc) is 2.78. The van der Waals surface area contributed by atoms with Crippen LogP contribution in [0.5, 0.6) is 0 Å². The van der Waals surface area contributed by atoms with Crippen molar-refractivity contribution < 1.29 is 4.42 Å². The quantitative estimate of drug-likeness (QED) is 0.867. The van der Waals surface area contributed by atoms with E-state index < -0.39 is 0 Å². The minimum Gasteiger partial charge on any atom is -0.407 e. The Morgan fingerprint density at radius 2 is 2.12 bits per heavy atom. The maximum atomic E-state index is 5.63. The van der Waals surface area contributed by atoms with Crippen LogP contribution in [-0.2, 0) is 6.54 Å². The molecule has 0 bridgehead atoms. The number of hydrogen-bond acceptors (Lipinski definition) is 5. The zero-order valence-electron chi connectivity index (χ0n) is 10.9. The molecule has 2 atom stereocenters. The Hall–Kier alpha value is -1.10. The predicted octanol–water partition coefficient (Wildman–Crippen LogP) is 1.80. The van der Waals surface area contributed by atoms with Gasteiger partial charge in [0.15, 0.2) is 0 Å². The van der Waals surface area contributed by atoms with E-state index in [1.807, 2.05) is 7.05 Å². The SMILES string of the molecule is CNCc1nnc(N(C)C2CCCCC2C)o1. The molecule has 0 amide bonds. The van der Waals surface area contributed by atoms with Crippen molar-refractivity contribution in [2.24, 2.45) is 5.92 Å². The lowest BCUT2D eigenvalue weighted by Gasteiger charge is -2.35. The van der Waals surface area contributed by atoms with Gasteiger partial charge in [-0.1, -0.05) is 24.9 Å². The van der Waals surface area contributed by atoms with E-state index in [-0.39, 0.29) is 0 Å². The van der Waals surface area contributed by atoms with Crippen LogP contribution in [0, 0.1) is 5.92 Å². The van der Waals surface area contributed by atoms with Gasteiger partial charge in [-0.15, -0.1) is 5.10 Å². The summed E-state index contributed by atoms with van der Waals surface area (Å²) in [6, 6.07) is 1.18. The zero-order chi connectivity index (χ0) is 12.3. The second kappa shape index (κ2) is 5.49. The van der Waals surface area contributed by atoms with Crippen molar-refractivity contribution in [3.63, 3.8) is 0 Å². The number of nitrogens with one attached hydrogen (secondary N) is 1. The van der Waals surface area contributed by atoms with E-state index in [2.05, 4.69) is 34.4 Å². The molecule has 2 unspecified atom stereocenters. The molecule has 0 saturated heterocycles. The van der Waals surface area contributed by atoms with E-state index in [1.165, 1.54) is 25.7 Å². The minimum atomic E-state index is 0.534. The van der Waals surface area contributed by atoms with Crippen LogP contribution in [0.4, 0.5) is 6.01 Å². The van der Waals surface area contributed by atoms with E-state index in [1.54, 1.807) is 0 Å². The predicted molar refractivity (Wildman–Crippen MR) is 66.9 cm³/mol. The van der Waals surface area contributed by atoms with Gasteiger partial charge in [0.1, 0.15) is 0 Å². The van der Waals surface area contributed by atoms with E-state index in [4.69, 9.17) is 4.42 Å². The Labute approximate surface area is 103 Å². The molecule has 5 heteroatoms. The molecular weight excluding hydrogens is 216 g/mol. The summed E-state index contributed by atoms with van der Waals surface area (Å²) in [6.45, 7) is 2.94. The molecular formula is C12H22N4O. The van der Waals surface area contributed by atoms with Crippen LogP contribution in [0.25, 0.3) is 0 Å². The summed E-state index contributed by atoms with van der Waals surface area (Å²) < 4.78 is 5.63. The topological polar surface area (TPSA) is 54.2 Å². The van der Waals surface area contributed by atoms with Crippen LogP contribution in [0.3, 0.4) is 0 Å². The number of hydrogen-bond donors (Lipinski definition) is 1. The van der Waals surface area contributed by atoms with Crippen molar-refractivity contribution in [3.8, 4) is 0 Å². The Morgan fingerprint density at radius 3 is 2.82 bits per heavy atom. The molecule has 2 rings (SSSR count). The number of anilines is 1. The van der Waals surface area contributed by atoms with Crippen LogP contribution in [0.2, 0.25) is 0 Å². The van der Waals surface area contributed by atoms with Gasteiger partial charge >= 0.3 is 6.01 Å². The molecule has 0 spiro atoms. The summed E-state index contributed by atoms with van der Waals surface area (Å²) in [4.78, 5) is 2.15. The molecule has 17 heavy (non-hydrogen) atoms. The molecule has 1 N–H and O–H groups in total. The highest BCUT2D eigenvalue weighted by molar-refractivity contribution is 5.25. The lowest BCUT2D eigenvalue weighted by Crippen LogP contribution is -2.39. The van der Waals surface area contributed by atoms with Crippen LogP contribution >= 0.6 is 0 Å². The molecule has 96 valence electrons. The lowest BCUT2D eigenvalue weighted by molar-refractivity contribution is 0.309. The van der Waals surface area contributed by atoms with E-state index in [0.717, 1.165) is 0 Å². The third-order valence-corrected chi connectivity index (χ3v) is 3.65. The van der Waals surface area contributed by atoms with Gasteiger partial charge in [-0.2, -0.15) is 0 Å². The first-order valence-corrected chi connectivity index (χ1v) is 6.42. The van der Waals surface area contributed by atoms with Crippen molar-refractivity contribution in [1.82, 2.24) is 15.5 Å². The maximum Gasteiger partial charge on any atom is 0.318 e. The molecule has 5 nitrogen and oxygen atoms in total. The highest BCUT2D eigenvalue weighted by Gasteiger charge is 2.27. The Morgan fingerprint density at radius 1 is 1.35 bits per heavy atom. The van der Waals surface area contributed by atoms with Crippen LogP contribution in [0.1, 0.15) is 38.5 Å². The highest BCUT2D eigenvalue weighted by atomic mass is 16.4. The minimum absolute atomic E-state index is 0.534. The van der Waals surface area contributed by atoms with Crippen molar-refractivity contribution in [3.05, 3.63) is 5.89 Å². The number of rotatable bonds is 4. The van der Waals surface area contributed by atoms with Crippen molar-refractivity contribution in [2.45, 2.75) is 45.2 Å². The second-order valence-corrected chi connectivity index (χ2v) is 4.95. The van der Waals surface area contributed by atoms with Gasteiger partial charge < -0.3 is 14.6 Å². The summed E-state index contributed by atoms with van der Waals surface area (Å²) in [6.07, 6.45) is 5.17. The largest absolute Gasteiger partial charge is 0.407 e. The second-order valence-electron chi connectivity index (χ2n) is 4.95. The molecule has 1 saturated carbocycles. The molecule has 1 aromatic heterocycles. The molecule has 1 aromatic rings. The summed E-state index contributed by atoms with van der Waals surface area (Å²) in [7, 11) is 3.93. The standard InChI is InChI=1S/C12H22N4O/c1-9-6-4-5-7-10(9)16(3)12-15-14-11(17-12)8-13-2/h9-10,13H,4-8H2,1-3H3. The Kier molecular flexibility index (Phi) is 3.99. The van der Waals surface area contributed by atoms with Crippen molar-refractivity contribution >= 4 is 6.01 Å². The Balaban J connectivity index is 2.04. The van der Waals surface area contributed by atoms with Gasteiger partial charge in [-0.05, 0) is 25.8 Å². The average molecular weight is 238 g/mol. The maximum absolute atomic E-state index is 5.63. The van der Waals surface area contributed by atoms with Gasteiger partial charge in [-0.3, -0.25) is 0 Å². The third-order valence-electron chi connectivity index (χ3n) is 3.65. The Bertz CT molecular complexity index is 352. The van der Waals surface area contributed by atoms with Crippen molar-refractivity contribution in [2.75, 3.05) is 19.0 Å². The van der Waals surface area contributed by atoms with Crippen LogP contribution < -0.4 is 10.2 Å². The van der Waals surface area contributed by atoms with Gasteiger partial charge in [0, 0.05) is 13.1 Å². The summed E-state index contributed by atoms with van der Waals surface area (Å²) in [5, 5.41) is 11.1. The van der Waals surface area contributed by atoms with Crippen LogP contribution in [-0.4, -0.2) is 30.3 Å². The first-order valence-electron chi connectivity index (χ1n) is 6.42. The molecule has 0 aromatic carbocycles. The zero-order valence-corrected chi connectivity index (χ0v) is 10.9. The first kappa shape index (κ1) is 12.4. The lowest BCUT2D eigenvalue weighted by atomic mass is 9.85. The fraction of sp³-hybridized carbons (Fsp3) is 0.833. The summed E-state index contributed by atoms with van der Waals surface area (Å²) in [5.41, 5.74) is 0. The molecule has 1 aliphatic carbocycles. The van der Waals surface area contributed by atoms with Gasteiger partial charge in [-0.25, -0.2) is 0 Å². The normalized spacial score (nSPS) is 24.9. The number of aromatic nitrogens is 2. The summed E-state index contributed by atoms with van der Waals surface area (Å²) in [5.74, 6) is 1.35. The van der Waals surface area contributed by atoms with E-state index in [9.17, 15) is 0 Å².